The lowest BCUT2D eigenvalue weighted by Crippen LogP contribution is -2.26. The van der Waals surface area contributed by atoms with E-state index in [9.17, 15) is 22.9 Å². The summed E-state index contributed by atoms with van der Waals surface area (Å²) in [6.07, 6.45) is 1.70. The fraction of sp³-hybridized carbons (Fsp3) is 0.273. The second-order valence-corrected chi connectivity index (χ2v) is 6.55. The Morgan fingerprint density at radius 1 is 1.50 bits per heavy atom. The number of rotatable bonds is 8. The van der Waals surface area contributed by atoms with E-state index < -0.39 is 26.5 Å². The first kappa shape index (κ1) is 16.6. The highest BCUT2D eigenvalue weighted by Gasteiger charge is 2.20. The first-order valence-corrected chi connectivity index (χ1v) is 8.14. The van der Waals surface area contributed by atoms with Crippen molar-refractivity contribution in [2.24, 2.45) is 0 Å². The maximum atomic E-state index is 13.4. The highest BCUT2D eigenvalue weighted by Crippen LogP contribution is 2.20. The van der Waals surface area contributed by atoms with Gasteiger partial charge in [0.25, 0.3) is 0 Å². The van der Waals surface area contributed by atoms with Crippen molar-refractivity contribution in [3.05, 3.63) is 46.8 Å². The minimum absolute atomic E-state index is 0.180. The highest BCUT2D eigenvalue weighted by molar-refractivity contribution is 7.99. The lowest BCUT2D eigenvalue weighted by molar-refractivity contribution is -0.387. The zero-order chi connectivity index (χ0) is 15.2. The lowest BCUT2D eigenvalue weighted by atomic mass is 10.3. The van der Waals surface area contributed by atoms with E-state index in [4.69, 9.17) is 0 Å². The van der Waals surface area contributed by atoms with Crippen molar-refractivity contribution < 1.29 is 17.7 Å². The van der Waals surface area contributed by atoms with Gasteiger partial charge in [0.15, 0.2) is 0 Å². The number of halogens is 1. The van der Waals surface area contributed by atoms with Crippen LogP contribution in [0.3, 0.4) is 0 Å². The molecule has 1 rings (SSSR count). The molecule has 110 valence electrons. The third-order valence-corrected chi connectivity index (χ3v) is 4.62. The number of thioether (sulfide) groups is 1. The van der Waals surface area contributed by atoms with Gasteiger partial charge in [-0.3, -0.25) is 10.1 Å². The van der Waals surface area contributed by atoms with Crippen LogP contribution >= 0.6 is 11.8 Å². The van der Waals surface area contributed by atoms with E-state index in [1.165, 1.54) is 11.8 Å². The fourth-order valence-corrected chi connectivity index (χ4v) is 3.05. The summed E-state index contributed by atoms with van der Waals surface area (Å²) in [5, 5.41) is 10.4. The second kappa shape index (κ2) is 7.36. The monoisotopic (exact) mass is 320 g/mol. The summed E-state index contributed by atoms with van der Waals surface area (Å²) in [6.45, 7) is 3.71. The molecule has 0 saturated carbocycles. The molecule has 6 nitrogen and oxygen atoms in total. The molecular formula is C11H13FN2O4S2. The van der Waals surface area contributed by atoms with Gasteiger partial charge in [0.2, 0.25) is 15.8 Å². The standard InChI is InChI=1S/C11H13FN2O4S2/c1-2-6-19-7-5-13-20(17,18)9-3-4-11(14(15)16)10(12)8-9/h2-4,8,13H,1,5-7H2. The van der Waals surface area contributed by atoms with Crippen molar-refractivity contribution in [2.75, 3.05) is 18.1 Å². The van der Waals surface area contributed by atoms with E-state index in [-0.39, 0.29) is 11.4 Å². The molecule has 0 unspecified atom stereocenters. The number of hydrogen-bond donors (Lipinski definition) is 1. The molecule has 0 radical (unpaired) electrons. The van der Waals surface area contributed by atoms with Crippen molar-refractivity contribution in [1.29, 1.82) is 0 Å². The molecule has 1 N–H and O–H groups in total. The Bertz CT molecular complexity index is 604. The second-order valence-electron chi connectivity index (χ2n) is 3.63. The van der Waals surface area contributed by atoms with Crippen molar-refractivity contribution in [3.8, 4) is 0 Å². The number of nitro benzene ring substituents is 1. The van der Waals surface area contributed by atoms with E-state index in [0.717, 1.165) is 12.1 Å². The third kappa shape index (κ3) is 4.58. The third-order valence-electron chi connectivity index (χ3n) is 2.20. The Morgan fingerprint density at radius 3 is 2.75 bits per heavy atom. The molecule has 0 aliphatic carbocycles. The van der Waals surface area contributed by atoms with E-state index >= 15 is 0 Å². The minimum Gasteiger partial charge on any atom is -0.258 e. The number of nitrogens with one attached hydrogen (secondary N) is 1. The summed E-state index contributed by atoms with van der Waals surface area (Å²) in [7, 11) is -3.86. The molecular weight excluding hydrogens is 307 g/mol. The summed E-state index contributed by atoms with van der Waals surface area (Å²) < 4.78 is 39.3. The summed E-state index contributed by atoms with van der Waals surface area (Å²) in [6, 6.07) is 2.47. The number of sulfonamides is 1. The number of nitro groups is 1. The van der Waals surface area contributed by atoms with Crippen LogP contribution in [0.1, 0.15) is 0 Å². The SMILES string of the molecule is C=CCSCCNS(=O)(=O)c1ccc([N+](=O)[O-])c(F)c1. The number of benzene rings is 1. The first-order chi connectivity index (χ1) is 9.38. The predicted octanol–water partition coefficient (Wildman–Crippen LogP) is 1.93. The van der Waals surface area contributed by atoms with Crippen LogP contribution in [0, 0.1) is 15.9 Å². The molecule has 20 heavy (non-hydrogen) atoms. The summed E-state index contributed by atoms with van der Waals surface area (Å²) in [5.74, 6) is 0.0631. The minimum atomic E-state index is -3.86. The van der Waals surface area contributed by atoms with Gasteiger partial charge in [-0.15, -0.1) is 6.58 Å². The van der Waals surface area contributed by atoms with E-state index in [1.54, 1.807) is 6.08 Å². The van der Waals surface area contributed by atoms with Gasteiger partial charge in [0.05, 0.1) is 9.82 Å². The molecule has 1 aromatic rings. The van der Waals surface area contributed by atoms with Crippen LogP contribution in [0.25, 0.3) is 0 Å². The van der Waals surface area contributed by atoms with Gasteiger partial charge in [-0.05, 0) is 6.07 Å². The Kier molecular flexibility index (Phi) is 6.11. The van der Waals surface area contributed by atoms with Crippen LogP contribution in [0.5, 0.6) is 0 Å². The molecule has 1 aromatic carbocycles. The maximum Gasteiger partial charge on any atom is 0.304 e. The molecule has 0 fully saturated rings. The molecule has 0 aliphatic heterocycles. The average Bonchev–Trinajstić information content (AvgIpc) is 2.37. The van der Waals surface area contributed by atoms with Crippen molar-refractivity contribution >= 4 is 27.5 Å². The van der Waals surface area contributed by atoms with Gasteiger partial charge in [-0.2, -0.15) is 16.2 Å². The molecule has 0 aromatic heterocycles. The van der Waals surface area contributed by atoms with Gasteiger partial charge >= 0.3 is 5.69 Å². The highest BCUT2D eigenvalue weighted by atomic mass is 32.2. The molecule has 0 bridgehead atoms. The maximum absolute atomic E-state index is 13.4. The topological polar surface area (TPSA) is 89.3 Å². The van der Waals surface area contributed by atoms with Gasteiger partial charge in [0.1, 0.15) is 0 Å². The van der Waals surface area contributed by atoms with Crippen LogP contribution < -0.4 is 4.72 Å². The summed E-state index contributed by atoms with van der Waals surface area (Å²) in [4.78, 5) is 9.19. The summed E-state index contributed by atoms with van der Waals surface area (Å²) >= 11 is 1.49. The van der Waals surface area contributed by atoms with Crippen molar-refractivity contribution in [1.82, 2.24) is 4.72 Å². The van der Waals surface area contributed by atoms with Gasteiger partial charge < -0.3 is 0 Å². The Labute approximate surface area is 120 Å². The quantitative estimate of drug-likeness (QED) is 0.342. The predicted molar refractivity (Wildman–Crippen MR) is 75.8 cm³/mol. The smallest absolute Gasteiger partial charge is 0.258 e. The van der Waals surface area contributed by atoms with Crippen LogP contribution in [0.2, 0.25) is 0 Å². The average molecular weight is 320 g/mol. The summed E-state index contributed by atoms with van der Waals surface area (Å²) in [5.41, 5.74) is -0.759. The normalized spacial score (nSPS) is 11.2. The van der Waals surface area contributed by atoms with E-state index in [0.29, 0.717) is 17.6 Å². The van der Waals surface area contributed by atoms with Crippen LogP contribution in [-0.4, -0.2) is 31.4 Å². The van der Waals surface area contributed by atoms with Crippen LogP contribution in [0.4, 0.5) is 10.1 Å². The molecule has 0 atom stereocenters. The Morgan fingerprint density at radius 2 is 2.20 bits per heavy atom. The fourth-order valence-electron chi connectivity index (χ4n) is 1.30. The Balaban J connectivity index is 2.75. The Hall–Kier alpha value is -1.45. The zero-order valence-electron chi connectivity index (χ0n) is 10.4. The van der Waals surface area contributed by atoms with Gasteiger partial charge in [-0.25, -0.2) is 13.1 Å². The number of hydrogen-bond acceptors (Lipinski definition) is 5. The molecule has 0 aliphatic rings. The number of nitrogens with zero attached hydrogens (tertiary/aromatic N) is 1. The van der Waals surface area contributed by atoms with Crippen molar-refractivity contribution in [2.45, 2.75) is 4.90 Å². The zero-order valence-corrected chi connectivity index (χ0v) is 12.0. The molecule has 0 spiro atoms. The molecule has 0 amide bonds. The van der Waals surface area contributed by atoms with Crippen LogP contribution in [0.15, 0.2) is 35.7 Å². The largest absolute Gasteiger partial charge is 0.304 e. The van der Waals surface area contributed by atoms with E-state index in [1.807, 2.05) is 0 Å². The van der Waals surface area contributed by atoms with Gasteiger partial charge in [-0.1, -0.05) is 6.08 Å². The van der Waals surface area contributed by atoms with Crippen molar-refractivity contribution in [3.63, 3.8) is 0 Å². The van der Waals surface area contributed by atoms with E-state index in [2.05, 4.69) is 11.3 Å². The molecule has 0 heterocycles. The molecule has 9 heteroatoms. The van der Waals surface area contributed by atoms with Crippen LogP contribution in [-0.2, 0) is 10.0 Å². The first-order valence-electron chi connectivity index (χ1n) is 5.50. The molecule has 0 saturated heterocycles. The van der Waals surface area contributed by atoms with Gasteiger partial charge in [0, 0.05) is 30.2 Å². The lowest BCUT2D eigenvalue weighted by Gasteiger charge is -2.06.